The first-order valence-corrected chi connectivity index (χ1v) is 5.01. The topological polar surface area (TPSA) is 38.9 Å². The average molecular weight is 198 g/mol. The Morgan fingerprint density at radius 2 is 2.00 bits per heavy atom. The predicted octanol–water partition coefficient (Wildman–Crippen LogP) is 2.56. The van der Waals surface area contributed by atoms with Crippen LogP contribution in [0.4, 0.5) is 5.69 Å². The van der Waals surface area contributed by atoms with Gasteiger partial charge in [0.05, 0.1) is 0 Å². The lowest BCUT2D eigenvalue weighted by Crippen LogP contribution is -1.97. The highest BCUT2D eigenvalue weighted by Gasteiger charge is 2.02. The van der Waals surface area contributed by atoms with Crippen LogP contribution in [0, 0.1) is 6.92 Å². The summed E-state index contributed by atoms with van der Waals surface area (Å²) in [6, 6.07) is 12.0. The maximum absolute atomic E-state index is 5.85. The van der Waals surface area contributed by atoms with Gasteiger partial charge in [-0.05, 0) is 36.2 Å². The van der Waals surface area contributed by atoms with Crippen LogP contribution in [0.2, 0.25) is 0 Å². The van der Waals surface area contributed by atoms with Crippen LogP contribution in [0.25, 0.3) is 0 Å². The molecular formula is C13H14N2. The molecule has 0 unspecified atom stereocenters. The van der Waals surface area contributed by atoms with Gasteiger partial charge in [0, 0.05) is 24.0 Å². The zero-order chi connectivity index (χ0) is 10.7. The number of hydrogen-bond donors (Lipinski definition) is 1. The van der Waals surface area contributed by atoms with Crippen LogP contribution < -0.4 is 5.73 Å². The molecule has 0 atom stereocenters. The van der Waals surface area contributed by atoms with E-state index in [1.807, 2.05) is 43.5 Å². The van der Waals surface area contributed by atoms with Crippen molar-refractivity contribution in [2.75, 3.05) is 5.73 Å². The van der Waals surface area contributed by atoms with Crippen LogP contribution in [0.15, 0.2) is 42.6 Å². The molecule has 0 aliphatic rings. The lowest BCUT2D eigenvalue weighted by Gasteiger charge is -2.07. The molecule has 0 radical (unpaired) electrons. The molecule has 0 fully saturated rings. The summed E-state index contributed by atoms with van der Waals surface area (Å²) in [5, 5.41) is 0. The van der Waals surface area contributed by atoms with E-state index in [0.29, 0.717) is 0 Å². The van der Waals surface area contributed by atoms with Crippen LogP contribution in [0.5, 0.6) is 0 Å². The fraction of sp³-hybridized carbons (Fsp3) is 0.154. The van der Waals surface area contributed by atoms with Crippen LogP contribution >= 0.6 is 0 Å². The van der Waals surface area contributed by atoms with Crippen molar-refractivity contribution in [1.29, 1.82) is 0 Å². The van der Waals surface area contributed by atoms with E-state index in [4.69, 9.17) is 5.73 Å². The summed E-state index contributed by atoms with van der Waals surface area (Å²) in [6.07, 6.45) is 2.66. The highest BCUT2D eigenvalue weighted by Crippen LogP contribution is 2.17. The van der Waals surface area contributed by atoms with Crippen LogP contribution in [0.3, 0.4) is 0 Å². The second-order valence-electron chi connectivity index (χ2n) is 3.63. The first-order chi connectivity index (χ1) is 7.27. The van der Waals surface area contributed by atoms with E-state index in [1.54, 1.807) is 0 Å². The summed E-state index contributed by atoms with van der Waals surface area (Å²) in [5.74, 6) is 0. The highest BCUT2D eigenvalue weighted by molar-refractivity contribution is 5.50. The van der Waals surface area contributed by atoms with Crippen LogP contribution in [0.1, 0.15) is 16.8 Å². The number of anilines is 1. The molecule has 2 aromatic rings. The fourth-order valence-corrected chi connectivity index (χ4v) is 1.59. The third-order valence-electron chi connectivity index (χ3n) is 2.59. The van der Waals surface area contributed by atoms with Gasteiger partial charge in [0.1, 0.15) is 0 Å². The van der Waals surface area contributed by atoms with E-state index in [9.17, 15) is 0 Å². The maximum Gasteiger partial charge on any atom is 0.0447 e. The normalized spacial score (nSPS) is 10.2. The third kappa shape index (κ3) is 2.15. The molecule has 0 bridgehead atoms. The third-order valence-corrected chi connectivity index (χ3v) is 2.59. The molecule has 0 aliphatic heterocycles. The molecule has 2 rings (SSSR count). The number of nitrogens with two attached hydrogens (primary N) is 1. The van der Waals surface area contributed by atoms with Crippen molar-refractivity contribution in [3.63, 3.8) is 0 Å². The van der Waals surface area contributed by atoms with E-state index >= 15 is 0 Å². The van der Waals surface area contributed by atoms with E-state index in [-0.39, 0.29) is 0 Å². The van der Waals surface area contributed by atoms with Gasteiger partial charge in [-0.3, -0.25) is 4.98 Å². The minimum atomic E-state index is 0.845. The molecule has 0 spiro atoms. The Morgan fingerprint density at radius 3 is 2.73 bits per heavy atom. The van der Waals surface area contributed by atoms with Crippen molar-refractivity contribution in [3.8, 4) is 0 Å². The maximum atomic E-state index is 5.85. The molecular weight excluding hydrogens is 184 g/mol. The van der Waals surface area contributed by atoms with Gasteiger partial charge >= 0.3 is 0 Å². The molecule has 2 N–H and O–H groups in total. The van der Waals surface area contributed by atoms with Gasteiger partial charge in [-0.25, -0.2) is 0 Å². The first kappa shape index (κ1) is 9.71. The Balaban J connectivity index is 2.29. The van der Waals surface area contributed by atoms with Crippen molar-refractivity contribution >= 4 is 5.69 Å². The Morgan fingerprint density at radius 1 is 1.13 bits per heavy atom. The van der Waals surface area contributed by atoms with E-state index < -0.39 is 0 Å². The molecule has 0 amide bonds. The Labute approximate surface area is 89.8 Å². The van der Waals surface area contributed by atoms with Crippen LogP contribution in [-0.4, -0.2) is 4.98 Å². The average Bonchev–Trinajstić information content (AvgIpc) is 2.26. The molecule has 1 aromatic heterocycles. The van der Waals surface area contributed by atoms with Gasteiger partial charge in [0.15, 0.2) is 0 Å². The summed E-state index contributed by atoms with van der Waals surface area (Å²) in [6.45, 7) is 2.05. The Kier molecular flexibility index (Phi) is 2.68. The number of rotatable bonds is 2. The highest BCUT2D eigenvalue weighted by atomic mass is 14.7. The minimum Gasteiger partial charge on any atom is -0.399 e. The van der Waals surface area contributed by atoms with Gasteiger partial charge in [0.2, 0.25) is 0 Å². The van der Waals surface area contributed by atoms with E-state index in [2.05, 4.69) is 11.1 Å². The molecule has 0 saturated heterocycles. The number of nitrogens with zero attached hydrogens (tertiary/aromatic N) is 1. The molecule has 0 aliphatic carbocycles. The summed E-state index contributed by atoms with van der Waals surface area (Å²) in [4.78, 5) is 4.30. The number of pyridine rings is 1. The van der Waals surface area contributed by atoms with Crippen LogP contribution in [-0.2, 0) is 6.42 Å². The van der Waals surface area contributed by atoms with Gasteiger partial charge in [-0.1, -0.05) is 18.2 Å². The largest absolute Gasteiger partial charge is 0.399 e. The summed E-state index contributed by atoms with van der Waals surface area (Å²) < 4.78 is 0. The van der Waals surface area contributed by atoms with Gasteiger partial charge < -0.3 is 5.73 Å². The number of aromatic nitrogens is 1. The first-order valence-electron chi connectivity index (χ1n) is 5.01. The van der Waals surface area contributed by atoms with Crippen molar-refractivity contribution in [3.05, 3.63) is 59.4 Å². The van der Waals surface area contributed by atoms with E-state index in [0.717, 1.165) is 23.4 Å². The second-order valence-corrected chi connectivity index (χ2v) is 3.63. The Hall–Kier alpha value is -1.83. The SMILES string of the molecule is Cc1c(N)cccc1Cc1ccccn1. The smallest absolute Gasteiger partial charge is 0.0447 e. The molecule has 1 heterocycles. The zero-order valence-corrected chi connectivity index (χ0v) is 8.77. The quantitative estimate of drug-likeness (QED) is 0.753. The second kappa shape index (κ2) is 4.13. The summed E-state index contributed by atoms with van der Waals surface area (Å²) in [7, 11) is 0. The van der Waals surface area contributed by atoms with Crippen molar-refractivity contribution in [2.24, 2.45) is 0 Å². The molecule has 1 aromatic carbocycles. The number of nitrogen functional groups attached to an aromatic ring is 1. The van der Waals surface area contributed by atoms with Crippen molar-refractivity contribution < 1.29 is 0 Å². The zero-order valence-electron chi connectivity index (χ0n) is 8.77. The summed E-state index contributed by atoms with van der Waals surface area (Å²) in [5.41, 5.74) is 10.2. The van der Waals surface area contributed by atoms with Gasteiger partial charge in [0.25, 0.3) is 0 Å². The van der Waals surface area contributed by atoms with Gasteiger partial charge in [-0.2, -0.15) is 0 Å². The summed E-state index contributed by atoms with van der Waals surface area (Å²) >= 11 is 0. The predicted molar refractivity (Wildman–Crippen MR) is 62.6 cm³/mol. The number of benzene rings is 1. The molecule has 0 saturated carbocycles. The molecule has 15 heavy (non-hydrogen) atoms. The Bertz CT molecular complexity index is 449. The lowest BCUT2D eigenvalue weighted by molar-refractivity contribution is 1.06. The molecule has 2 nitrogen and oxygen atoms in total. The lowest BCUT2D eigenvalue weighted by atomic mass is 10.0. The number of hydrogen-bond acceptors (Lipinski definition) is 2. The van der Waals surface area contributed by atoms with Crippen molar-refractivity contribution in [1.82, 2.24) is 4.98 Å². The minimum absolute atomic E-state index is 0.845. The van der Waals surface area contributed by atoms with Crippen molar-refractivity contribution in [2.45, 2.75) is 13.3 Å². The van der Waals surface area contributed by atoms with Gasteiger partial charge in [-0.15, -0.1) is 0 Å². The monoisotopic (exact) mass is 198 g/mol. The molecule has 2 heteroatoms. The molecule has 76 valence electrons. The fourth-order valence-electron chi connectivity index (χ4n) is 1.59. The standard InChI is InChI=1S/C13H14N2/c1-10-11(5-4-7-13(10)14)9-12-6-2-3-8-15-12/h2-8H,9,14H2,1H3. The van der Waals surface area contributed by atoms with E-state index in [1.165, 1.54) is 5.56 Å².